The molecule has 5 nitrogen and oxygen atoms in total. The van der Waals surface area contributed by atoms with Crippen LogP contribution < -0.4 is 5.56 Å². The van der Waals surface area contributed by atoms with E-state index in [1.807, 2.05) is 11.8 Å². The second-order valence-corrected chi connectivity index (χ2v) is 4.76. The van der Waals surface area contributed by atoms with Crippen LogP contribution in [-0.4, -0.2) is 33.9 Å². The molecule has 0 aliphatic carbocycles. The molecule has 2 heterocycles. The first-order valence-corrected chi connectivity index (χ1v) is 6.61. The van der Waals surface area contributed by atoms with Gasteiger partial charge in [-0.15, -0.1) is 11.6 Å². The summed E-state index contributed by atoms with van der Waals surface area (Å²) < 4.78 is 0. The highest BCUT2D eigenvalue weighted by Gasteiger charge is 2.31. The monoisotopic (exact) mass is 269 g/mol. The molecule has 0 radical (unpaired) electrons. The van der Waals surface area contributed by atoms with E-state index >= 15 is 0 Å². The molecule has 1 aromatic rings. The van der Waals surface area contributed by atoms with E-state index in [2.05, 4.69) is 9.97 Å². The summed E-state index contributed by atoms with van der Waals surface area (Å²) in [5.41, 5.74) is 0.457. The Bertz CT molecular complexity index is 500. The molecule has 1 saturated heterocycles. The van der Waals surface area contributed by atoms with Crippen LogP contribution in [-0.2, 0) is 10.7 Å². The molecule has 1 aromatic heterocycles. The van der Waals surface area contributed by atoms with Gasteiger partial charge in [-0.1, -0.05) is 6.92 Å². The number of nitrogens with one attached hydrogen (secondary N) is 1. The number of carbonyl (C=O) groups is 1. The van der Waals surface area contributed by atoms with Gasteiger partial charge in [0.25, 0.3) is 5.56 Å². The summed E-state index contributed by atoms with van der Waals surface area (Å²) in [4.78, 5) is 31.9. The molecule has 1 N–H and O–H groups in total. The lowest BCUT2D eigenvalue weighted by atomic mass is 10.0. The van der Waals surface area contributed by atoms with E-state index in [9.17, 15) is 9.59 Å². The lowest BCUT2D eigenvalue weighted by Gasteiger charge is -2.15. The van der Waals surface area contributed by atoms with Crippen molar-refractivity contribution in [3.05, 3.63) is 27.9 Å². The van der Waals surface area contributed by atoms with Gasteiger partial charge in [0.15, 0.2) is 0 Å². The molecular weight excluding hydrogens is 254 g/mol. The van der Waals surface area contributed by atoms with Crippen molar-refractivity contribution in [2.45, 2.75) is 31.6 Å². The van der Waals surface area contributed by atoms with E-state index in [-0.39, 0.29) is 23.3 Å². The van der Waals surface area contributed by atoms with Crippen molar-refractivity contribution in [3.63, 3.8) is 0 Å². The fourth-order valence-corrected chi connectivity index (χ4v) is 2.38. The van der Waals surface area contributed by atoms with Crippen molar-refractivity contribution in [1.82, 2.24) is 14.9 Å². The Labute approximate surface area is 110 Å². The number of hydrogen-bond donors (Lipinski definition) is 1. The van der Waals surface area contributed by atoms with Gasteiger partial charge in [-0.3, -0.25) is 9.59 Å². The largest absolute Gasteiger partial charge is 0.342 e. The minimum Gasteiger partial charge on any atom is -0.342 e. The lowest BCUT2D eigenvalue weighted by Crippen LogP contribution is -2.25. The number of alkyl halides is 1. The van der Waals surface area contributed by atoms with Crippen molar-refractivity contribution in [2.24, 2.45) is 0 Å². The van der Waals surface area contributed by atoms with E-state index in [0.717, 1.165) is 13.0 Å². The van der Waals surface area contributed by atoms with E-state index < -0.39 is 0 Å². The number of carbonyl (C=O) groups excluding carboxylic acids is 1. The first kappa shape index (κ1) is 13.1. The maximum atomic E-state index is 11.8. The van der Waals surface area contributed by atoms with Crippen LogP contribution in [0.3, 0.4) is 0 Å². The van der Waals surface area contributed by atoms with Crippen molar-refractivity contribution < 1.29 is 4.79 Å². The zero-order valence-corrected chi connectivity index (χ0v) is 11.0. The van der Waals surface area contributed by atoms with Crippen LogP contribution >= 0.6 is 11.6 Å². The Kier molecular flexibility index (Phi) is 4.01. The number of aromatic nitrogens is 2. The fraction of sp³-hybridized carbons (Fsp3) is 0.583. The standard InChI is InChI=1S/C12H16ClN3O2/c1-2-3-16-7-8(4-12(16)18)9-5-11(17)15-10(6-13)14-9/h5,8H,2-4,6-7H2,1H3,(H,14,15,17). The van der Waals surface area contributed by atoms with Crippen LogP contribution in [0.5, 0.6) is 0 Å². The topological polar surface area (TPSA) is 66.1 Å². The molecule has 98 valence electrons. The van der Waals surface area contributed by atoms with Crippen LogP contribution in [0.15, 0.2) is 10.9 Å². The molecule has 6 heteroatoms. The molecule has 1 amide bonds. The van der Waals surface area contributed by atoms with E-state index in [1.165, 1.54) is 6.07 Å². The quantitative estimate of drug-likeness (QED) is 0.836. The summed E-state index contributed by atoms with van der Waals surface area (Å²) >= 11 is 5.67. The first-order chi connectivity index (χ1) is 8.63. The number of likely N-dealkylation sites (tertiary alicyclic amines) is 1. The summed E-state index contributed by atoms with van der Waals surface area (Å²) in [5.74, 6) is 0.771. The second-order valence-electron chi connectivity index (χ2n) is 4.49. The molecule has 1 unspecified atom stereocenters. The Balaban J connectivity index is 2.20. The number of halogens is 1. The molecular formula is C12H16ClN3O2. The molecule has 0 saturated carbocycles. The van der Waals surface area contributed by atoms with Gasteiger partial charge >= 0.3 is 0 Å². The predicted molar refractivity (Wildman–Crippen MR) is 68.6 cm³/mol. The maximum absolute atomic E-state index is 11.8. The van der Waals surface area contributed by atoms with E-state index in [0.29, 0.717) is 24.5 Å². The fourth-order valence-electron chi connectivity index (χ4n) is 2.26. The van der Waals surface area contributed by atoms with Gasteiger partial charge in [-0.05, 0) is 6.42 Å². The van der Waals surface area contributed by atoms with Crippen molar-refractivity contribution in [2.75, 3.05) is 13.1 Å². The third kappa shape index (κ3) is 2.72. The van der Waals surface area contributed by atoms with E-state index in [1.54, 1.807) is 0 Å². The average molecular weight is 270 g/mol. The number of amides is 1. The van der Waals surface area contributed by atoms with Gasteiger partial charge < -0.3 is 9.88 Å². The number of aromatic amines is 1. The zero-order chi connectivity index (χ0) is 13.1. The summed E-state index contributed by atoms with van der Waals surface area (Å²) in [6, 6.07) is 1.46. The SMILES string of the molecule is CCCN1CC(c2cc(=O)[nH]c(CCl)n2)CC1=O. The highest BCUT2D eigenvalue weighted by molar-refractivity contribution is 6.16. The van der Waals surface area contributed by atoms with Gasteiger partial charge in [0.05, 0.1) is 11.6 Å². The smallest absolute Gasteiger partial charge is 0.251 e. The minimum atomic E-state index is -0.211. The molecule has 0 bridgehead atoms. The molecule has 0 spiro atoms. The van der Waals surface area contributed by atoms with Crippen molar-refractivity contribution in [1.29, 1.82) is 0 Å². The molecule has 1 aliphatic rings. The Morgan fingerprint density at radius 1 is 1.56 bits per heavy atom. The van der Waals surface area contributed by atoms with Gasteiger partial charge in [0.2, 0.25) is 5.91 Å². The first-order valence-electron chi connectivity index (χ1n) is 6.08. The molecule has 0 aromatic carbocycles. The number of H-pyrrole nitrogens is 1. The third-order valence-electron chi connectivity index (χ3n) is 3.06. The van der Waals surface area contributed by atoms with Gasteiger partial charge in [0, 0.05) is 31.5 Å². The summed E-state index contributed by atoms with van der Waals surface area (Å²) in [7, 11) is 0. The minimum absolute atomic E-state index is 0.00770. The van der Waals surface area contributed by atoms with Crippen LogP contribution in [0.4, 0.5) is 0 Å². The van der Waals surface area contributed by atoms with Crippen LogP contribution in [0.25, 0.3) is 0 Å². The summed E-state index contributed by atoms with van der Waals surface area (Å²) in [5, 5.41) is 0. The molecule has 18 heavy (non-hydrogen) atoms. The van der Waals surface area contributed by atoms with Gasteiger partial charge in [-0.25, -0.2) is 4.98 Å². The highest BCUT2D eigenvalue weighted by atomic mass is 35.5. The van der Waals surface area contributed by atoms with Crippen LogP contribution in [0.2, 0.25) is 0 Å². The molecule has 1 fully saturated rings. The average Bonchev–Trinajstić information content (AvgIpc) is 2.71. The zero-order valence-electron chi connectivity index (χ0n) is 10.3. The molecule has 1 aliphatic heterocycles. The van der Waals surface area contributed by atoms with Gasteiger partial charge in [0.1, 0.15) is 5.82 Å². The van der Waals surface area contributed by atoms with Crippen molar-refractivity contribution in [3.8, 4) is 0 Å². The Hall–Kier alpha value is -1.36. The highest BCUT2D eigenvalue weighted by Crippen LogP contribution is 2.26. The third-order valence-corrected chi connectivity index (χ3v) is 3.32. The van der Waals surface area contributed by atoms with Crippen molar-refractivity contribution >= 4 is 17.5 Å². The predicted octanol–water partition coefficient (Wildman–Crippen LogP) is 1.23. The number of rotatable bonds is 4. The van der Waals surface area contributed by atoms with E-state index in [4.69, 9.17) is 11.6 Å². The van der Waals surface area contributed by atoms with Crippen LogP contribution in [0, 0.1) is 0 Å². The molecule has 2 rings (SSSR count). The summed E-state index contributed by atoms with van der Waals surface area (Å²) in [6.07, 6.45) is 1.37. The Morgan fingerprint density at radius 2 is 2.33 bits per heavy atom. The summed E-state index contributed by atoms with van der Waals surface area (Å²) in [6.45, 7) is 3.45. The van der Waals surface area contributed by atoms with Gasteiger partial charge in [-0.2, -0.15) is 0 Å². The van der Waals surface area contributed by atoms with Crippen LogP contribution in [0.1, 0.15) is 37.2 Å². The number of nitrogens with zero attached hydrogens (tertiary/aromatic N) is 2. The number of hydrogen-bond acceptors (Lipinski definition) is 3. The lowest BCUT2D eigenvalue weighted by molar-refractivity contribution is -0.127. The molecule has 1 atom stereocenters. The second kappa shape index (κ2) is 5.52. The Morgan fingerprint density at radius 3 is 3.00 bits per heavy atom. The normalized spacial score (nSPS) is 19.6. The maximum Gasteiger partial charge on any atom is 0.251 e.